The maximum Gasteiger partial charge on any atom is 0.278 e. The summed E-state index contributed by atoms with van der Waals surface area (Å²) in [4.78, 5) is 30.3. The quantitative estimate of drug-likeness (QED) is 0.656. The molecule has 0 bridgehead atoms. The zero-order valence-corrected chi connectivity index (χ0v) is 16.6. The second kappa shape index (κ2) is 8.07. The van der Waals surface area contributed by atoms with Gasteiger partial charge in [0.1, 0.15) is 11.6 Å². The molecule has 1 saturated heterocycles. The molecule has 3 aromatic rings. The monoisotopic (exact) mass is 429 g/mol. The summed E-state index contributed by atoms with van der Waals surface area (Å²) in [5, 5.41) is 13.3. The first-order chi connectivity index (χ1) is 14.4. The lowest BCUT2D eigenvalue weighted by Gasteiger charge is -2.27. The second-order valence-corrected chi connectivity index (χ2v) is 7.07. The average molecular weight is 430 g/mol. The van der Waals surface area contributed by atoms with E-state index in [4.69, 9.17) is 11.6 Å². The van der Waals surface area contributed by atoms with E-state index in [2.05, 4.69) is 25.9 Å². The number of benzene rings is 1. The summed E-state index contributed by atoms with van der Waals surface area (Å²) in [6.45, 7) is 3.15. The molecule has 1 aliphatic rings. The number of piperazine rings is 1. The maximum absolute atomic E-state index is 13.4. The van der Waals surface area contributed by atoms with Gasteiger partial charge in [0.25, 0.3) is 5.91 Å². The van der Waals surface area contributed by atoms with Crippen LogP contribution in [-0.4, -0.2) is 51.4 Å². The molecule has 0 atom stereocenters. The van der Waals surface area contributed by atoms with Gasteiger partial charge in [0, 0.05) is 13.1 Å². The number of hydrogen-bond acceptors (Lipinski definition) is 6. The third-order valence-electron chi connectivity index (χ3n) is 4.63. The summed E-state index contributed by atoms with van der Waals surface area (Å²) < 4.78 is 14.8. The van der Waals surface area contributed by atoms with Crippen molar-refractivity contribution in [3.63, 3.8) is 0 Å². The molecule has 1 fully saturated rings. The van der Waals surface area contributed by atoms with E-state index in [1.165, 1.54) is 29.1 Å². The van der Waals surface area contributed by atoms with Crippen LogP contribution in [0.4, 0.5) is 15.9 Å². The van der Waals surface area contributed by atoms with E-state index >= 15 is 0 Å². The number of amides is 2. The van der Waals surface area contributed by atoms with Gasteiger partial charge < -0.3 is 15.5 Å². The minimum atomic E-state index is -0.544. The highest BCUT2D eigenvalue weighted by atomic mass is 35.5. The summed E-state index contributed by atoms with van der Waals surface area (Å²) in [6.07, 6.45) is 1.51. The number of aromatic nitrogens is 4. The molecular formula is C19H17ClFN7O2. The fourth-order valence-corrected chi connectivity index (χ4v) is 3.25. The van der Waals surface area contributed by atoms with Gasteiger partial charge in [-0.1, -0.05) is 16.8 Å². The van der Waals surface area contributed by atoms with Gasteiger partial charge in [0.15, 0.2) is 5.69 Å². The Bertz CT molecular complexity index is 1120. The van der Waals surface area contributed by atoms with Crippen molar-refractivity contribution in [1.29, 1.82) is 0 Å². The Hall–Kier alpha value is -3.53. The van der Waals surface area contributed by atoms with Crippen LogP contribution in [-0.2, 0) is 4.79 Å². The van der Waals surface area contributed by atoms with Crippen LogP contribution in [0.5, 0.6) is 0 Å². The van der Waals surface area contributed by atoms with Crippen LogP contribution in [0.1, 0.15) is 16.2 Å². The molecule has 9 nitrogen and oxygen atoms in total. The topological polar surface area (TPSA) is 105 Å². The van der Waals surface area contributed by atoms with Gasteiger partial charge in [-0.3, -0.25) is 9.59 Å². The first-order valence-corrected chi connectivity index (χ1v) is 9.47. The number of pyridine rings is 1. The fourth-order valence-electron chi connectivity index (χ4n) is 3.07. The lowest BCUT2D eigenvalue weighted by atomic mass is 10.2. The van der Waals surface area contributed by atoms with Crippen molar-refractivity contribution in [1.82, 2.24) is 25.3 Å². The Balaban J connectivity index is 1.48. The van der Waals surface area contributed by atoms with E-state index in [1.807, 2.05) is 4.90 Å². The molecular weight excluding hydrogens is 413 g/mol. The Kier molecular flexibility index (Phi) is 5.32. The van der Waals surface area contributed by atoms with Gasteiger partial charge in [0.05, 0.1) is 34.8 Å². The number of carbonyl (C=O) groups excluding carboxylic acids is 2. The number of carbonyl (C=O) groups is 2. The standard InChI is InChI=1S/C19H17ClFN7O2/c1-11-18(25-26-28(11)13-3-4-15(21)14(20)8-13)19(30)24-12-2-5-16(23-9-12)27-7-6-22-17(29)10-27/h2-5,8-9H,6-7,10H2,1H3,(H,22,29)(H,24,30). The molecule has 2 N–H and O–H groups in total. The summed E-state index contributed by atoms with van der Waals surface area (Å²) in [6, 6.07) is 7.56. The van der Waals surface area contributed by atoms with Crippen molar-refractivity contribution in [2.45, 2.75) is 6.92 Å². The molecule has 0 unspecified atom stereocenters. The van der Waals surface area contributed by atoms with Crippen molar-refractivity contribution in [3.8, 4) is 5.69 Å². The van der Waals surface area contributed by atoms with Crippen LogP contribution in [0.2, 0.25) is 5.02 Å². The van der Waals surface area contributed by atoms with Gasteiger partial charge in [-0.05, 0) is 37.3 Å². The zero-order chi connectivity index (χ0) is 21.3. The first kappa shape index (κ1) is 19.8. The molecule has 2 amide bonds. The molecule has 154 valence electrons. The van der Waals surface area contributed by atoms with E-state index in [0.717, 1.165) is 0 Å². The minimum Gasteiger partial charge on any atom is -0.353 e. The molecule has 4 rings (SSSR count). The summed E-state index contributed by atoms with van der Waals surface area (Å²) in [5.41, 5.74) is 1.55. The summed E-state index contributed by atoms with van der Waals surface area (Å²) >= 11 is 5.82. The molecule has 0 saturated carbocycles. The minimum absolute atomic E-state index is 0.0502. The number of rotatable bonds is 4. The fraction of sp³-hybridized carbons (Fsp3) is 0.211. The summed E-state index contributed by atoms with van der Waals surface area (Å²) in [7, 11) is 0. The number of hydrogen-bond donors (Lipinski definition) is 2. The molecule has 1 aliphatic heterocycles. The van der Waals surface area contributed by atoms with Gasteiger partial charge in [-0.25, -0.2) is 14.1 Å². The van der Waals surface area contributed by atoms with Crippen LogP contribution in [0.3, 0.4) is 0 Å². The summed E-state index contributed by atoms with van der Waals surface area (Å²) in [5.74, 6) is -0.407. The Morgan fingerprint density at radius 3 is 2.83 bits per heavy atom. The third kappa shape index (κ3) is 3.94. The highest BCUT2D eigenvalue weighted by Gasteiger charge is 2.20. The molecule has 30 heavy (non-hydrogen) atoms. The van der Waals surface area contributed by atoms with Crippen molar-refractivity contribution >= 4 is 34.9 Å². The third-order valence-corrected chi connectivity index (χ3v) is 4.92. The highest BCUT2D eigenvalue weighted by Crippen LogP contribution is 2.21. The van der Waals surface area contributed by atoms with Crippen LogP contribution in [0.25, 0.3) is 5.69 Å². The first-order valence-electron chi connectivity index (χ1n) is 9.09. The zero-order valence-electron chi connectivity index (χ0n) is 15.9. The Labute approximate surface area is 175 Å². The number of nitrogens with one attached hydrogen (secondary N) is 2. The molecule has 2 aromatic heterocycles. The van der Waals surface area contributed by atoms with Crippen LogP contribution >= 0.6 is 11.6 Å². The molecule has 0 radical (unpaired) electrons. The van der Waals surface area contributed by atoms with E-state index in [0.29, 0.717) is 36.0 Å². The molecule has 0 aliphatic carbocycles. The Morgan fingerprint density at radius 1 is 1.30 bits per heavy atom. The van der Waals surface area contributed by atoms with Crippen molar-refractivity contribution in [2.24, 2.45) is 0 Å². The SMILES string of the molecule is Cc1c(C(=O)Nc2ccc(N3CCNC(=O)C3)nc2)nnn1-c1ccc(F)c(Cl)c1. The van der Waals surface area contributed by atoms with Crippen LogP contribution < -0.4 is 15.5 Å². The van der Waals surface area contributed by atoms with Crippen molar-refractivity contribution < 1.29 is 14.0 Å². The maximum atomic E-state index is 13.4. The van der Waals surface area contributed by atoms with Crippen molar-refractivity contribution in [2.75, 3.05) is 29.9 Å². The predicted molar refractivity (Wildman–Crippen MR) is 108 cm³/mol. The highest BCUT2D eigenvalue weighted by molar-refractivity contribution is 6.30. The normalized spacial score (nSPS) is 13.8. The van der Waals surface area contributed by atoms with Crippen molar-refractivity contribution in [3.05, 3.63) is 58.8 Å². The van der Waals surface area contributed by atoms with E-state index in [9.17, 15) is 14.0 Å². The molecule has 1 aromatic carbocycles. The lowest BCUT2D eigenvalue weighted by Crippen LogP contribution is -2.48. The number of anilines is 2. The van der Waals surface area contributed by atoms with Gasteiger partial charge >= 0.3 is 0 Å². The smallest absolute Gasteiger partial charge is 0.278 e. The number of halogens is 2. The van der Waals surface area contributed by atoms with Crippen LogP contribution in [0.15, 0.2) is 36.5 Å². The van der Waals surface area contributed by atoms with Gasteiger partial charge in [-0.2, -0.15) is 0 Å². The molecule has 11 heteroatoms. The molecule has 0 spiro atoms. The largest absolute Gasteiger partial charge is 0.353 e. The van der Waals surface area contributed by atoms with E-state index in [-0.39, 0.29) is 23.2 Å². The average Bonchev–Trinajstić information content (AvgIpc) is 3.12. The Morgan fingerprint density at radius 2 is 2.13 bits per heavy atom. The van der Waals surface area contributed by atoms with Crippen LogP contribution in [0, 0.1) is 12.7 Å². The van der Waals surface area contributed by atoms with Gasteiger partial charge in [0.2, 0.25) is 5.91 Å². The van der Waals surface area contributed by atoms with E-state index < -0.39 is 11.7 Å². The second-order valence-electron chi connectivity index (χ2n) is 6.66. The lowest BCUT2D eigenvalue weighted by molar-refractivity contribution is -0.120. The predicted octanol–water partition coefficient (Wildman–Crippen LogP) is 1.95. The molecule has 3 heterocycles. The van der Waals surface area contributed by atoms with E-state index in [1.54, 1.807) is 19.1 Å². The van der Waals surface area contributed by atoms with Gasteiger partial charge in [-0.15, -0.1) is 5.10 Å². The number of nitrogens with zero attached hydrogens (tertiary/aromatic N) is 5.